The van der Waals surface area contributed by atoms with Crippen LogP contribution in [-0.4, -0.2) is 27.8 Å². The lowest BCUT2D eigenvalue weighted by molar-refractivity contribution is 0.0761. The smallest absolute Gasteiger partial charge is 0.254 e. The normalized spacial score (nSPS) is 11.8. The van der Waals surface area contributed by atoms with Crippen molar-refractivity contribution >= 4 is 32.6 Å². The zero-order valence-electron chi connectivity index (χ0n) is 13.9. The Kier molecular flexibility index (Phi) is 7.08. The molecule has 0 aliphatic rings. The second-order valence-corrected chi connectivity index (χ2v) is 7.98. The van der Waals surface area contributed by atoms with E-state index < -0.39 is 10.8 Å². The average molecular weight is 424 g/mol. The van der Waals surface area contributed by atoms with Crippen molar-refractivity contribution < 1.29 is 13.4 Å². The summed E-state index contributed by atoms with van der Waals surface area (Å²) in [6, 6.07) is 11.7. The minimum Gasteiger partial charge on any atom is -0.330 e. The number of benzene rings is 2. The van der Waals surface area contributed by atoms with Gasteiger partial charge in [0.1, 0.15) is 5.82 Å². The third kappa shape index (κ3) is 5.61. The van der Waals surface area contributed by atoms with E-state index in [-0.39, 0.29) is 18.3 Å². The lowest BCUT2D eigenvalue weighted by atomic mass is 10.1. The lowest BCUT2D eigenvalue weighted by Gasteiger charge is -2.22. The summed E-state index contributed by atoms with van der Waals surface area (Å²) in [6.45, 7) is 4.12. The summed E-state index contributed by atoms with van der Waals surface area (Å²) >= 11 is 3.32. The van der Waals surface area contributed by atoms with Crippen LogP contribution in [-0.2, 0) is 23.1 Å². The first kappa shape index (κ1) is 19.5. The van der Waals surface area contributed by atoms with Crippen LogP contribution in [0.25, 0.3) is 0 Å². The van der Waals surface area contributed by atoms with E-state index in [1.807, 2.05) is 6.07 Å². The van der Waals surface area contributed by atoms with Gasteiger partial charge in [-0.3, -0.25) is 9.00 Å². The van der Waals surface area contributed by atoms with Gasteiger partial charge >= 0.3 is 0 Å². The molecule has 0 N–H and O–H groups in total. The fraction of sp³-hybridized carbons (Fsp3) is 0.211. The number of carbonyl (C=O) groups is 1. The summed E-state index contributed by atoms with van der Waals surface area (Å²) in [4.78, 5) is 14.4. The fourth-order valence-corrected chi connectivity index (χ4v) is 3.51. The Morgan fingerprint density at radius 3 is 2.76 bits per heavy atom. The summed E-state index contributed by atoms with van der Waals surface area (Å²) < 4.78 is 26.2. The molecule has 0 aliphatic heterocycles. The van der Waals surface area contributed by atoms with Gasteiger partial charge in [-0.2, -0.15) is 0 Å². The highest BCUT2D eigenvalue weighted by Crippen LogP contribution is 2.19. The van der Waals surface area contributed by atoms with Crippen molar-refractivity contribution in [3.05, 3.63) is 82.1 Å². The second-order valence-electron chi connectivity index (χ2n) is 5.63. The Labute approximate surface area is 158 Å². The fourth-order valence-electron chi connectivity index (χ4n) is 2.46. The number of nitrogens with zero attached hydrogens (tertiary/aromatic N) is 1. The van der Waals surface area contributed by atoms with Crippen molar-refractivity contribution in [2.45, 2.75) is 12.3 Å². The molecule has 2 aromatic carbocycles. The molecule has 1 atom stereocenters. The van der Waals surface area contributed by atoms with Crippen LogP contribution in [0.4, 0.5) is 4.39 Å². The molecular formula is C19H19BrFNO2S. The first-order valence-corrected chi connectivity index (χ1v) is 10.2. The molecule has 0 saturated carbocycles. The molecule has 132 valence electrons. The summed E-state index contributed by atoms with van der Waals surface area (Å²) in [5.74, 6) is -0.189. The van der Waals surface area contributed by atoms with E-state index in [9.17, 15) is 13.4 Å². The number of hydrogen-bond donors (Lipinski definition) is 0. The molecule has 0 saturated heterocycles. The van der Waals surface area contributed by atoms with Crippen molar-refractivity contribution in [2.24, 2.45) is 0 Å². The standard InChI is InChI=1S/C19H19BrFNO2S/c1-3-9-22(12-16-11-17(20)7-8-18(16)21)19(23)15-6-4-5-14(10-15)13-25(2)24/h3-8,10-11H,1,9,12-13H2,2H3. The molecular weight excluding hydrogens is 405 g/mol. The van der Waals surface area contributed by atoms with Gasteiger partial charge in [-0.1, -0.05) is 34.1 Å². The average Bonchev–Trinajstić information content (AvgIpc) is 2.56. The Hall–Kier alpha value is -1.79. The third-order valence-corrected chi connectivity index (χ3v) is 4.78. The Bertz CT molecular complexity index is 810. The van der Waals surface area contributed by atoms with E-state index in [0.29, 0.717) is 23.4 Å². The molecule has 6 heteroatoms. The molecule has 3 nitrogen and oxygen atoms in total. The van der Waals surface area contributed by atoms with Crippen LogP contribution in [0.1, 0.15) is 21.5 Å². The predicted octanol–water partition coefficient (Wildman–Crippen LogP) is 4.30. The van der Waals surface area contributed by atoms with Crippen LogP contribution in [0, 0.1) is 5.82 Å². The first-order valence-electron chi connectivity index (χ1n) is 7.63. The molecule has 0 fully saturated rings. The maximum absolute atomic E-state index is 14.0. The Morgan fingerprint density at radius 1 is 1.32 bits per heavy atom. The van der Waals surface area contributed by atoms with Crippen molar-refractivity contribution in [1.82, 2.24) is 4.90 Å². The minimum absolute atomic E-state index is 0.139. The van der Waals surface area contributed by atoms with Gasteiger partial charge in [0.05, 0.1) is 0 Å². The van der Waals surface area contributed by atoms with Gasteiger partial charge in [0, 0.05) is 51.5 Å². The number of amides is 1. The molecule has 0 radical (unpaired) electrons. The number of halogens is 2. The van der Waals surface area contributed by atoms with Gasteiger partial charge in [-0.15, -0.1) is 6.58 Å². The third-order valence-electron chi connectivity index (χ3n) is 3.55. The monoisotopic (exact) mass is 423 g/mol. The summed E-state index contributed by atoms with van der Waals surface area (Å²) in [5, 5.41) is 0. The van der Waals surface area contributed by atoms with Gasteiger partial charge in [-0.05, 0) is 35.9 Å². The quantitative estimate of drug-likeness (QED) is 0.622. The zero-order valence-corrected chi connectivity index (χ0v) is 16.3. The number of rotatable bonds is 7. The van der Waals surface area contributed by atoms with E-state index in [0.717, 1.165) is 10.0 Å². The lowest BCUT2D eigenvalue weighted by Crippen LogP contribution is -2.31. The highest BCUT2D eigenvalue weighted by molar-refractivity contribution is 9.10. The van der Waals surface area contributed by atoms with Gasteiger partial charge in [0.2, 0.25) is 0 Å². The zero-order chi connectivity index (χ0) is 18.4. The predicted molar refractivity (Wildman–Crippen MR) is 103 cm³/mol. The van der Waals surface area contributed by atoms with E-state index in [1.54, 1.807) is 42.7 Å². The molecule has 0 aliphatic carbocycles. The van der Waals surface area contributed by atoms with Crippen LogP contribution >= 0.6 is 15.9 Å². The maximum Gasteiger partial charge on any atom is 0.254 e. The second kappa shape index (κ2) is 9.06. The molecule has 0 heterocycles. The molecule has 1 unspecified atom stereocenters. The largest absolute Gasteiger partial charge is 0.330 e. The molecule has 2 aromatic rings. The molecule has 2 rings (SSSR count). The molecule has 25 heavy (non-hydrogen) atoms. The molecule has 0 spiro atoms. The molecule has 1 amide bonds. The maximum atomic E-state index is 14.0. The van der Waals surface area contributed by atoms with Crippen molar-refractivity contribution in [3.63, 3.8) is 0 Å². The number of carbonyl (C=O) groups excluding carboxylic acids is 1. The van der Waals surface area contributed by atoms with Crippen molar-refractivity contribution in [1.29, 1.82) is 0 Å². The summed E-state index contributed by atoms with van der Waals surface area (Å²) in [6.07, 6.45) is 3.23. The van der Waals surface area contributed by atoms with E-state index in [2.05, 4.69) is 22.5 Å². The summed E-state index contributed by atoms with van der Waals surface area (Å²) in [7, 11) is -0.985. The minimum atomic E-state index is -0.985. The SMILES string of the molecule is C=CCN(Cc1cc(Br)ccc1F)C(=O)c1cccc(CS(C)=O)c1. The van der Waals surface area contributed by atoms with Gasteiger partial charge in [0.25, 0.3) is 5.91 Å². The molecule has 0 aromatic heterocycles. The van der Waals surface area contributed by atoms with Crippen LogP contribution in [0.15, 0.2) is 59.6 Å². The van der Waals surface area contributed by atoms with Gasteiger partial charge in [-0.25, -0.2) is 4.39 Å². The molecule has 0 bridgehead atoms. The van der Waals surface area contributed by atoms with Crippen LogP contribution < -0.4 is 0 Å². The highest BCUT2D eigenvalue weighted by Gasteiger charge is 2.17. The Balaban J connectivity index is 2.27. The van der Waals surface area contributed by atoms with Crippen LogP contribution in [0.2, 0.25) is 0 Å². The van der Waals surface area contributed by atoms with E-state index in [4.69, 9.17) is 0 Å². The summed E-state index contributed by atoms with van der Waals surface area (Å²) in [5.41, 5.74) is 1.74. The van der Waals surface area contributed by atoms with E-state index >= 15 is 0 Å². The van der Waals surface area contributed by atoms with Gasteiger partial charge in [0.15, 0.2) is 0 Å². The van der Waals surface area contributed by atoms with Gasteiger partial charge < -0.3 is 4.90 Å². The van der Waals surface area contributed by atoms with E-state index in [1.165, 1.54) is 11.0 Å². The number of hydrogen-bond acceptors (Lipinski definition) is 2. The topological polar surface area (TPSA) is 37.4 Å². The van der Waals surface area contributed by atoms with Crippen LogP contribution in [0.3, 0.4) is 0 Å². The van der Waals surface area contributed by atoms with Crippen LogP contribution in [0.5, 0.6) is 0 Å². The van der Waals surface area contributed by atoms with Crippen molar-refractivity contribution in [3.8, 4) is 0 Å². The van der Waals surface area contributed by atoms with Crippen molar-refractivity contribution in [2.75, 3.05) is 12.8 Å². The Morgan fingerprint density at radius 2 is 2.08 bits per heavy atom. The highest BCUT2D eigenvalue weighted by atomic mass is 79.9. The first-order chi connectivity index (χ1) is 11.9.